The van der Waals surface area contributed by atoms with E-state index in [9.17, 15) is 4.79 Å². The third kappa shape index (κ3) is 3.39. The summed E-state index contributed by atoms with van der Waals surface area (Å²) in [6.07, 6.45) is 2.95. The first kappa shape index (κ1) is 16.9. The molecule has 7 heteroatoms. The minimum atomic E-state index is 0.0914. The van der Waals surface area contributed by atoms with E-state index in [1.807, 2.05) is 46.7 Å². The maximum absolute atomic E-state index is 12.9. The Bertz CT molecular complexity index is 872. The van der Waals surface area contributed by atoms with Crippen LogP contribution >= 0.6 is 11.3 Å². The molecule has 1 aromatic carbocycles. The quantitative estimate of drug-likeness (QED) is 0.694. The first-order valence-corrected chi connectivity index (χ1v) is 9.84. The second-order valence-electron chi connectivity index (χ2n) is 6.49. The van der Waals surface area contributed by atoms with Gasteiger partial charge in [-0.05, 0) is 53.6 Å². The fraction of sp³-hybridized carbons (Fsp3) is 0.368. The Kier molecular flexibility index (Phi) is 4.79. The minimum absolute atomic E-state index is 0.0914. The molecule has 6 nitrogen and oxygen atoms in total. The molecule has 4 rings (SSSR count). The van der Waals surface area contributed by atoms with Crippen LogP contribution in [-0.4, -0.2) is 43.6 Å². The predicted molar refractivity (Wildman–Crippen MR) is 101 cm³/mol. The molecule has 1 saturated heterocycles. The lowest BCUT2D eigenvalue weighted by Gasteiger charge is -2.24. The minimum Gasteiger partial charge on any atom is -0.334 e. The van der Waals surface area contributed by atoms with Crippen molar-refractivity contribution in [1.82, 2.24) is 25.1 Å². The van der Waals surface area contributed by atoms with Gasteiger partial charge in [-0.15, -0.1) is 21.5 Å². The van der Waals surface area contributed by atoms with E-state index in [0.29, 0.717) is 12.4 Å². The molecular formula is C19H21N5OS. The predicted octanol–water partition coefficient (Wildman–Crippen LogP) is 3.27. The van der Waals surface area contributed by atoms with Crippen LogP contribution in [-0.2, 0) is 13.0 Å². The van der Waals surface area contributed by atoms with Gasteiger partial charge in [-0.1, -0.05) is 25.1 Å². The molecule has 0 radical (unpaired) electrons. The SMILES string of the molecule is CCc1ccc(C(=O)N2CCC[C@H]2Cn2nnc(-c3cccs3)n2)cc1. The van der Waals surface area contributed by atoms with Crippen molar-refractivity contribution in [3.05, 3.63) is 52.9 Å². The van der Waals surface area contributed by atoms with Crippen LogP contribution in [0.25, 0.3) is 10.7 Å². The zero-order chi connectivity index (χ0) is 17.9. The van der Waals surface area contributed by atoms with E-state index in [4.69, 9.17) is 0 Å². The molecule has 1 atom stereocenters. The molecule has 0 N–H and O–H groups in total. The van der Waals surface area contributed by atoms with Gasteiger partial charge in [-0.2, -0.15) is 4.80 Å². The first-order valence-electron chi connectivity index (χ1n) is 8.96. The van der Waals surface area contributed by atoms with Gasteiger partial charge in [0.1, 0.15) is 0 Å². The molecule has 1 aliphatic rings. The topological polar surface area (TPSA) is 63.9 Å². The summed E-state index contributed by atoms with van der Waals surface area (Å²) in [5.41, 5.74) is 1.99. The smallest absolute Gasteiger partial charge is 0.254 e. The number of benzene rings is 1. The van der Waals surface area contributed by atoms with Crippen LogP contribution in [0.1, 0.15) is 35.7 Å². The summed E-state index contributed by atoms with van der Waals surface area (Å²) in [5, 5.41) is 14.8. The van der Waals surface area contributed by atoms with Gasteiger partial charge in [0.05, 0.1) is 17.5 Å². The molecule has 2 aromatic heterocycles. The van der Waals surface area contributed by atoms with Gasteiger partial charge in [-0.3, -0.25) is 4.79 Å². The summed E-state index contributed by atoms with van der Waals surface area (Å²) in [5.74, 6) is 0.736. The lowest BCUT2D eigenvalue weighted by molar-refractivity contribution is 0.0718. The standard InChI is InChI=1S/C19H21N5OS/c1-2-14-7-9-15(10-8-14)19(25)23-11-3-5-16(23)13-24-21-18(20-22-24)17-6-4-12-26-17/h4,6-10,12,16H,2-3,5,11,13H2,1H3/t16-/m0/s1. The van der Waals surface area contributed by atoms with Crippen LogP contribution < -0.4 is 0 Å². The van der Waals surface area contributed by atoms with Crippen molar-refractivity contribution in [2.45, 2.75) is 38.8 Å². The van der Waals surface area contributed by atoms with Gasteiger partial charge in [0.15, 0.2) is 0 Å². The molecule has 3 heterocycles. The summed E-state index contributed by atoms with van der Waals surface area (Å²) in [6, 6.07) is 12.0. The van der Waals surface area contributed by atoms with Crippen molar-refractivity contribution in [1.29, 1.82) is 0 Å². The Balaban J connectivity index is 1.47. The van der Waals surface area contributed by atoms with Crippen molar-refractivity contribution in [3.63, 3.8) is 0 Å². The Morgan fingerprint density at radius 2 is 2.12 bits per heavy atom. The molecule has 0 unspecified atom stereocenters. The number of carbonyl (C=O) groups is 1. The number of amides is 1. The van der Waals surface area contributed by atoms with Gasteiger partial charge < -0.3 is 4.90 Å². The third-order valence-corrected chi connectivity index (χ3v) is 5.68. The van der Waals surface area contributed by atoms with E-state index in [-0.39, 0.29) is 11.9 Å². The van der Waals surface area contributed by atoms with Crippen molar-refractivity contribution < 1.29 is 4.79 Å². The molecule has 0 spiro atoms. The molecule has 3 aromatic rings. The van der Waals surface area contributed by atoms with E-state index >= 15 is 0 Å². The van der Waals surface area contributed by atoms with Crippen LogP contribution in [0.2, 0.25) is 0 Å². The molecule has 134 valence electrons. The van der Waals surface area contributed by atoms with Crippen LogP contribution in [0.15, 0.2) is 41.8 Å². The van der Waals surface area contributed by atoms with Gasteiger partial charge in [-0.25, -0.2) is 0 Å². The van der Waals surface area contributed by atoms with Crippen LogP contribution in [0.4, 0.5) is 0 Å². The number of aryl methyl sites for hydroxylation is 1. The highest BCUT2D eigenvalue weighted by Crippen LogP contribution is 2.23. The Morgan fingerprint density at radius 3 is 2.85 bits per heavy atom. The third-order valence-electron chi connectivity index (χ3n) is 4.82. The Labute approximate surface area is 156 Å². The van der Waals surface area contributed by atoms with Gasteiger partial charge in [0.2, 0.25) is 5.82 Å². The molecule has 26 heavy (non-hydrogen) atoms. The number of rotatable bonds is 5. The number of thiophene rings is 1. The van der Waals surface area contributed by atoms with Crippen molar-refractivity contribution in [2.24, 2.45) is 0 Å². The number of hydrogen-bond donors (Lipinski definition) is 0. The monoisotopic (exact) mass is 367 g/mol. The molecule has 1 fully saturated rings. The summed E-state index contributed by atoms with van der Waals surface area (Å²) in [6.45, 7) is 3.48. The summed E-state index contributed by atoms with van der Waals surface area (Å²) in [7, 11) is 0. The van der Waals surface area contributed by atoms with Gasteiger partial charge in [0.25, 0.3) is 5.91 Å². The molecule has 0 bridgehead atoms. The zero-order valence-corrected chi connectivity index (χ0v) is 15.5. The second-order valence-corrected chi connectivity index (χ2v) is 7.44. The van der Waals surface area contributed by atoms with E-state index < -0.39 is 0 Å². The number of carbonyl (C=O) groups excluding carboxylic acids is 1. The number of hydrogen-bond acceptors (Lipinski definition) is 5. The Morgan fingerprint density at radius 1 is 1.27 bits per heavy atom. The number of nitrogens with zero attached hydrogens (tertiary/aromatic N) is 5. The van der Waals surface area contributed by atoms with Crippen molar-refractivity contribution in [3.8, 4) is 10.7 Å². The molecule has 0 aliphatic carbocycles. The normalized spacial score (nSPS) is 17.0. The summed E-state index contributed by atoms with van der Waals surface area (Å²) in [4.78, 5) is 17.5. The maximum Gasteiger partial charge on any atom is 0.254 e. The van der Waals surface area contributed by atoms with Crippen LogP contribution in [0.3, 0.4) is 0 Å². The molecule has 1 amide bonds. The number of tetrazole rings is 1. The summed E-state index contributed by atoms with van der Waals surface area (Å²) >= 11 is 1.59. The van der Waals surface area contributed by atoms with Gasteiger partial charge in [0, 0.05) is 12.1 Å². The van der Waals surface area contributed by atoms with E-state index in [1.165, 1.54) is 5.56 Å². The number of likely N-dealkylation sites (tertiary alicyclic amines) is 1. The maximum atomic E-state index is 12.9. The highest BCUT2D eigenvalue weighted by atomic mass is 32.1. The van der Waals surface area contributed by atoms with Crippen LogP contribution in [0, 0.1) is 0 Å². The largest absolute Gasteiger partial charge is 0.334 e. The highest BCUT2D eigenvalue weighted by molar-refractivity contribution is 7.13. The fourth-order valence-electron chi connectivity index (χ4n) is 3.36. The molecule has 1 aliphatic heterocycles. The molecular weight excluding hydrogens is 346 g/mol. The average Bonchev–Trinajstić information content (AvgIpc) is 3.43. The van der Waals surface area contributed by atoms with Gasteiger partial charge >= 0.3 is 0 Å². The second kappa shape index (κ2) is 7.37. The van der Waals surface area contributed by atoms with Crippen LogP contribution in [0.5, 0.6) is 0 Å². The van der Waals surface area contributed by atoms with E-state index in [0.717, 1.165) is 36.2 Å². The lowest BCUT2D eigenvalue weighted by Crippen LogP contribution is -2.38. The fourth-order valence-corrected chi connectivity index (χ4v) is 4.00. The van der Waals surface area contributed by atoms with E-state index in [1.54, 1.807) is 16.1 Å². The van der Waals surface area contributed by atoms with Crippen molar-refractivity contribution in [2.75, 3.05) is 6.54 Å². The first-order chi connectivity index (χ1) is 12.7. The number of aromatic nitrogens is 4. The van der Waals surface area contributed by atoms with E-state index in [2.05, 4.69) is 22.3 Å². The zero-order valence-electron chi connectivity index (χ0n) is 14.7. The molecule has 0 saturated carbocycles. The van der Waals surface area contributed by atoms with Crippen molar-refractivity contribution >= 4 is 17.2 Å². The average molecular weight is 367 g/mol. The lowest BCUT2D eigenvalue weighted by atomic mass is 10.1. The Hall–Kier alpha value is -2.54. The highest BCUT2D eigenvalue weighted by Gasteiger charge is 2.30. The summed E-state index contributed by atoms with van der Waals surface area (Å²) < 4.78 is 0.